The van der Waals surface area contributed by atoms with Crippen molar-refractivity contribution in [2.75, 3.05) is 25.6 Å². The van der Waals surface area contributed by atoms with Gasteiger partial charge in [-0.1, -0.05) is 0 Å². The second kappa shape index (κ2) is 7.77. The first-order valence-electron chi connectivity index (χ1n) is 8.10. The largest absolute Gasteiger partial charge is 0.497 e. The minimum atomic E-state index is -1.04. The van der Waals surface area contributed by atoms with Crippen molar-refractivity contribution in [1.29, 1.82) is 0 Å². The van der Waals surface area contributed by atoms with Crippen LogP contribution in [0.2, 0.25) is 0 Å². The third-order valence-electron chi connectivity index (χ3n) is 4.03. The molecule has 2 aromatic carbocycles. The van der Waals surface area contributed by atoms with E-state index in [1.807, 2.05) is 18.2 Å². The molecule has 136 valence electrons. The number of carbonyl (C=O) groups excluding carboxylic acids is 1. The number of rotatable bonds is 6. The van der Waals surface area contributed by atoms with E-state index < -0.39 is 12.6 Å². The normalized spacial score (nSPS) is 15.3. The summed E-state index contributed by atoms with van der Waals surface area (Å²) in [5.41, 5.74) is 1.54. The zero-order valence-corrected chi connectivity index (χ0v) is 14.2. The fourth-order valence-electron chi connectivity index (χ4n) is 2.69. The predicted molar refractivity (Wildman–Crippen MR) is 93.9 cm³/mol. The highest BCUT2D eigenvalue weighted by Gasteiger charge is 2.26. The molecule has 1 aliphatic rings. The second-order valence-electron chi connectivity index (χ2n) is 5.88. The molecular formula is C19H19NO6. The van der Waals surface area contributed by atoms with E-state index >= 15 is 0 Å². The molecule has 26 heavy (non-hydrogen) atoms. The number of fused-ring (bicyclic) bond motifs is 1. The summed E-state index contributed by atoms with van der Waals surface area (Å²) in [4.78, 5) is 23.0. The highest BCUT2D eigenvalue weighted by atomic mass is 16.5. The van der Waals surface area contributed by atoms with Gasteiger partial charge in [0.1, 0.15) is 23.9 Å². The van der Waals surface area contributed by atoms with Crippen molar-refractivity contribution < 1.29 is 28.9 Å². The van der Waals surface area contributed by atoms with E-state index in [-0.39, 0.29) is 11.8 Å². The van der Waals surface area contributed by atoms with Crippen molar-refractivity contribution in [1.82, 2.24) is 0 Å². The van der Waals surface area contributed by atoms with Gasteiger partial charge in [-0.2, -0.15) is 0 Å². The van der Waals surface area contributed by atoms with Crippen LogP contribution in [0.1, 0.15) is 5.56 Å². The summed E-state index contributed by atoms with van der Waals surface area (Å²) >= 11 is 0. The third-order valence-corrected chi connectivity index (χ3v) is 4.03. The lowest BCUT2D eigenvalue weighted by Gasteiger charge is -2.25. The lowest BCUT2D eigenvalue weighted by Crippen LogP contribution is -2.32. The van der Waals surface area contributed by atoms with Gasteiger partial charge in [-0.05, 0) is 54.4 Å². The number of carboxylic acid groups (broad SMARTS) is 1. The van der Waals surface area contributed by atoms with Crippen molar-refractivity contribution in [2.45, 2.75) is 6.42 Å². The van der Waals surface area contributed by atoms with E-state index in [0.29, 0.717) is 24.5 Å². The van der Waals surface area contributed by atoms with Gasteiger partial charge in [0, 0.05) is 5.69 Å². The molecule has 2 N–H and O–H groups in total. The van der Waals surface area contributed by atoms with Gasteiger partial charge < -0.3 is 24.6 Å². The smallest absolute Gasteiger partial charge is 0.341 e. The maximum atomic E-state index is 12.5. The number of hydrogen-bond donors (Lipinski definition) is 2. The van der Waals surface area contributed by atoms with E-state index in [1.54, 1.807) is 31.4 Å². The van der Waals surface area contributed by atoms with E-state index in [4.69, 9.17) is 19.3 Å². The molecule has 1 heterocycles. The number of aliphatic carboxylic acids is 1. The number of hydrogen-bond acceptors (Lipinski definition) is 5. The summed E-state index contributed by atoms with van der Waals surface area (Å²) in [6.07, 6.45) is 0.568. The maximum absolute atomic E-state index is 12.5. The minimum Gasteiger partial charge on any atom is -0.497 e. The Morgan fingerprint density at radius 3 is 2.62 bits per heavy atom. The summed E-state index contributed by atoms with van der Waals surface area (Å²) in [6.45, 7) is -0.0983. The molecule has 1 aliphatic heterocycles. The van der Waals surface area contributed by atoms with E-state index in [2.05, 4.69) is 5.32 Å². The van der Waals surface area contributed by atoms with E-state index in [0.717, 1.165) is 17.1 Å². The first kappa shape index (κ1) is 17.6. The van der Waals surface area contributed by atoms with Crippen LogP contribution in [0.3, 0.4) is 0 Å². The van der Waals surface area contributed by atoms with Gasteiger partial charge in [0.15, 0.2) is 6.61 Å². The molecule has 0 saturated carbocycles. The molecule has 0 aromatic heterocycles. The average Bonchev–Trinajstić information content (AvgIpc) is 2.66. The van der Waals surface area contributed by atoms with Gasteiger partial charge in [0.25, 0.3) is 0 Å². The zero-order valence-electron chi connectivity index (χ0n) is 14.2. The van der Waals surface area contributed by atoms with Crippen molar-refractivity contribution in [2.24, 2.45) is 5.92 Å². The molecule has 1 unspecified atom stereocenters. The first-order valence-corrected chi connectivity index (χ1v) is 8.10. The number of benzene rings is 2. The number of ether oxygens (including phenoxy) is 3. The van der Waals surface area contributed by atoms with Crippen molar-refractivity contribution in [3.05, 3.63) is 48.0 Å². The Morgan fingerprint density at radius 1 is 1.19 bits per heavy atom. The Hall–Kier alpha value is -3.22. The Kier molecular flexibility index (Phi) is 5.26. The molecule has 1 amide bonds. The van der Waals surface area contributed by atoms with E-state index in [1.165, 1.54) is 0 Å². The van der Waals surface area contributed by atoms with Crippen molar-refractivity contribution >= 4 is 17.6 Å². The molecule has 0 aliphatic carbocycles. The van der Waals surface area contributed by atoms with Crippen LogP contribution in [-0.4, -0.2) is 37.3 Å². The molecule has 0 fully saturated rings. The SMILES string of the molecule is COc1ccc2c(c1)CC(C(=O)Nc1ccc(OCC(=O)O)cc1)CO2. The molecule has 2 aromatic rings. The fourth-order valence-corrected chi connectivity index (χ4v) is 2.69. The highest BCUT2D eigenvalue weighted by molar-refractivity contribution is 5.93. The third kappa shape index (κ3) is 4.24. The number of methoxy groups -OCH3 is 1. The number of anilines is 1. The summed E-state index contributed by atoms with van der Waals surface area (Å²) in [7, 11) is 1.60. The quantitative estimate of drug-likeness (QED) is 0.824. The molecule has 0 bridgehead atoms. The number of nitrogens with one attached hydrogen (secondary N) is 1. The topological polar surface area (TPSA) is 94.1 Å². The van der Waals surface area contributed by atoms with Gasteiger partial charge in [-0.25, -0.2) is 4.79 Å². The summed E-state index contributed by atoms with van der Waals surface area (Å²) in [6, 6.07) is 12.1. The second-order valence-corrected chi connectivity index (χ2v) is 5.88. The lowest BCUT2D eigenvalue weighted by molar-refractivity contribution is -0.139. The van der Waals surface area contributed by atoms with Gasteiger partial charge in [-0.15, -0.1) is 0 Å². The zero-order chi connectivity index (χ0) is 18.5. The Balaban J connectivity index is 1.60. The minimum absolute atomic E-state index is 0.141. The number of amides is 1. The molecule has 0 saturated heterocycles. The van der Waals surface area contributed by atoms with Crippen LogP contribution in [-0.2, 0) is 16.0 Å². The monoisotopic (exact) mass is 357 g/mol. The Bertz CT molecular complexity index is 802. The average molecular weight is 357 g/mol. The van der Waals surface area contributed by atoms with Crippen LogP contribution in [0.4, 0.5) is 5.69 Å². The first-order chi connectivity index (χ1) is 12.5. The number of carboxylic acids is 1. The van der Waals surface area contributed by atoms with Gasteiger partial charge >= 0.3 is 5.97 Å². The van der Waals surface area contributed by atoms with Crippen LogP contribution in [0, 0.1) is 5.92 Å². The summed E-state index contributed by atoms with van der Waals surface area (Å²) < 4.78 is 15.9. The van der Waals surface area contributed by atoms with Gasteiger partial charge in [0.2, 0.25) is 5.91 Å². The Labute approximate surface area is 150 Å². The van der Waals surface area contributed by atoms with Crippen LogP contribution in [0.5, 0.6) is 17.2 Å². The molecule has 1 atom stereocenters. The maximum Gasteiger partial charge on any atom is 0.341 e. The van der Waals surface area contributed by atoms with Crippen LogP contribution in [0.25, 0.3) is 0 Å². The molecular weight excluding hydrogens is 338 g/mol. The summed E-state index contributed by atoms with van der Waals surface area (Å²) in [5, 5.41) is 11.4. The number of carbonyl (C=O) groups is 2. The highest BCUT2D eigenvalue weighted by Crippen LogP contribution is 2.31. The lowest BCUT2D eigenvalue weighted by atomic mass is 9.95. The predicted octanol–water partition coefficient (Wildman–Crippen LogP) is 2.35. The van der Waals surface area contributed by atoms with E-state index in [9.17, 15) is 9.59 Å². The van der Waals surface area contributed by atoms with Crippen molar-refractivity contribution in [3.63, 3.8) is 0 Å². The van der Waals surface area contributed by atoms with Crippen LogP contribution in [0.15, 0.2) is 42.5 Å². The standard InChI is InChI=1S/C19H19NO6/c1-24-16-6-7-17-12(9-16)8-13(10-26-17)19(23)20-14-2-4-15(5-3-14)25-11-18(21)22/h2-7,9,13H,8,10-11H2,1H3,(H,20,23)(H,21,22). The molecule has 0 radical (unpaired) electrons. The van der Waals surface area contributed by atoms with Gasteiger partial charge in [-0.3, -0.25) is 4.79 Å². The summed E-state index contributed by atoms with van der Waals surface area (Å²) in [5.74, 6) is 0.430. The fraction of sp³-hybridized carbons (Fsp3) is 0.263. The molecule has 7 heteroatoms. The molecule has 7 nitrogen and oxygen atoms in total. The van der Waals surface area contributed by atoms with Crippen molar-refractivity contribution in [3.8, 4) is 17.2 Å². The van der Waals surface area contributed by atoms with Gasteiger partial charge in [0.05, 0.1) is 13.0 Å². The molecule has 3 rings (SSSR count). The van der Waals surface area contributed by atoms with Crippen LogP contribution >= 0.6 is 0 Å². The Morgan fingerprint density at radius 2 is 1.92 bits per heavy atom. The van der Waals surface area contributed by atoms with Crippen LogP contribution < -0.4 is 19.5 Å². The molecule has 0 spiro atoms.